The lowest BCUT2D eigenvalue weighted by atomic mass is 9.78. The normalized spacial score (nSPS) is 16.5. The van der Waals surface area contributed by atoms with Crippen LogP contribution in [0, 0.1) is 6.92 Å². The quantitative estimate of drug-likeness (QED) is 0.661. The fourth-order valence-corrected chi connectivity index (χ4v) is 4.41. The third kappa shape index (κ3) is 4.02. The summed E-state index contributed by atoms with van der Waals surface area (Å²) >= 11 is 0. The Morgan fingerprint density at radius 3 is 2.32 bits per heavy atom. The summed E-state index contributed by atoms with van der Waals surface area (Å²) in [6, 6.07) is 18.4. The number of aryl methyl sites for hydroxylation is 1. The van der Waals surface area contributed by atoms with Crippen molar-refractivity contribution in [2.24, 2.45) is 0 Å². The van der Waals surface area contributed by atoms with Crippen molar-refractivity contribution < 1.29 is 0 Å². The summed E-state index contributed by atoms with van der Waals surface area (Å²) in [6.07, 6.45) is 2.95. The maximum absolute atomic E-state index is 4.77. The monoisotopic (exact) mass is 413 g/mol. The maximum Gasteiger partial charge on any atom is 0.223 e. The lowest BCUT2D eigenvalue weighted by Gasteiger charge is -2.32. The van der Waals surface area contributed by atoms with E-state index in [4.69, 9.17) is 4.98 Å². The molecule has 0 aliphatic carbocycles. The molecule has 2 aliphatic rings. The molecule has 0 radical (unpaired) electrons. The first-order valence-corrected chi connectivity index (χ1v) is 11.2. The van der Waals surface area contributed by atoms with E-state index in [1.165, 1.54) is 33.6 Å². The van der Waals surface area contributed by atoms with Gasteiger partial charge in [0.1, 0.15) is 0 Å². The topological polar surface area (TPSA) is 53.1 Å². The van der Waals surface area contributed by atoms with E-state index in [-0.39, 0.29) is 5.41 Å². The van der Waals surface area contributed by atoms with Crippen LogP contribution in [0.25, 0.3) is 0 Å². The molecule has 31 heavy (non-hydrogen) atoms. The zero-order valence-electron chi connectivity index (χ0n) is 18.7. The molecule has 160 valence electrons. The number of hydrogen-bond acceptors (Lipinski definition) is 5. The van der Waals surface area contributed by atoms with Crippen LogP contribution in [0.4, 0.5) is 11.6 Å². The number of rotatable bonds is 5. The van der Waals surface area contributed by atoms with Gasteiger partial charge in [0, 0.05) is 55.5 Å². The van der Waals surface area contributed by atoms with Gasteiger partial charge in [0.25, 0.3) is 0 Å². The number of benzene rings is 2. The predicted octanol–water partition coefficient (Wildman–Crippen LogP) is 4.06. The SMILES string of the molecule is Cc1ccc(C(C)(C)c2ccc(N3CCc4nc(NC5CNC5)ncc4C3)cc2)cc1. The summed E-state index contributed by atoms with van der Waals surface area (Å²) in [7, 11) is 0. The second-order valence-electron chi connectivity index (χ2n) is 9.37. The number of nitrogens with zero attached hydrogens (tertiary/aromatic N) is 3. The van der Waals surface area contributed by atoms with E-state index < -0.39 is 0 Å². The van der Waals surface area contributed by atoms with Crippen LogP contribution in [-0.4, -0.2) is 35.6 Å². The van der Waals surface area contributed by atoms with Crippen LogP contribution in [-0.2, 0) is 18.4 Å². The van der Waals surface area contributed by atoms with Crippen LogP contribution in [0.2, 0.25) is 0 Å². The fraction of sp³-hybridized carbons (Fsp3) is 0.385. The molecular formula is C26H31N5. The highest BCUT2D eigenvalue weighted by molar-refractivity contribution is 5.52. The van der Waals surface area contributed by atoms with Gasteiger partial charge in [-0.15, -0.1) is 0 Å². The molecule has 5 heteroatoms. The lowest BCUT2D eigenvalue weighted by molar-refractivity contribution is 0.469. The van der Waals surface area contributed by atoms with E-state index in [0.717, 1.165) is 38.5 Å². The molecule has 1 fully saturated rings. The molecule has 3 aromatic rings. The standard InChI is InChI=1S/C26H31N5/c1-18-4-6-20(7-5-18)26(2,3)21-8-10-23(11-9-21)31-13-12-24-19(17-31)14-28-25(30-24)29-22-15-27-16-22/h4-11,14,22,27H,12-13,15-17H2,1-3H3,(H,28,29,30). The molecule has 0 saturated carbocycles. The van der Waals surface area contributed by atoms with Crippen molar-refractivity contribution in [1.29, 1.82) is 0 Å². The maximum atomic E-state index is 4.77. The molecule has 1 aromatic heterocycles. The summed E-state index contributed by atoms with van der Waals surface area (Å²) in [6.45, 7) is 10.6. The van der Waals surface area contributed by atoms with E-state index in [0.29, 0.717) is 6.04 Å². The fourth-order valence-electron chi connectivity index (χ4n) is 4.41. The first kappa shape index (κ1) is 20.0. The first-order chi connectivity index (χ1) is 15.0. The molecule has 0 spiro atoms. The molecule has 5 rings (SSSR count). The Bertz CT molecular complexity index is 1050. The minimum Gasteiger partial charge on any atom is -0.367 e. The van der Waals surface area contributed by atoms with Crippen LogP contribution in [0.3, 0.4) is 0 Å². The van der Waals surface area contributed by atoms with E-state index in [2.05, 4.69) is 89.8 Å². The van der Waals surface area contributed by atoms with E-state index >= 15 is 0 Å². The van der Waals surface area contributed by atoms with Gasteiger partial charge < -0.3 is 15.5 Å². The van der Waals surface area contributed by atoms with Gasteiger partial charge in [-0.2, -0.15) is 0 Å². The van der Waals surface area contributed by atoms with Gasteiger partial charge >= 0.3 is 0 Å². The van der Waals surface area contributed by atoms with Crippen LogP contribution >= 0.6 is 0 Å². The molecule has 1 saturated heterocycles. The highest BCUT2D eigenvalue weighted by atomic mass is 15.2. The zero-order chi connectivity index (χ0) is 21.4. The molecule has 0 amide bonds. The Balaban J connectivity index is 1.30. The summed E-state index contributed by atoms with van der Waals surface area (Å²) in [4.78, 5) is 11.8. The van der Waals surface area contributed by atoms with Crippen molar-refractivity contribution in [3.8, 4) is 0 Å². The molecule has 3 heterocycles. The number of hydrogen-bond donors (Lipinski definition) is 2. The Morgan fingerprint density at radius 2 is 1.68 bits per heavy atom. The van der Waals surface area contributed by atoms with Crippen LogP contribution in [0.15, 0.2) is 54.7 Å². The zero-order valence-corrected chi connectivity index (χ0v) is 18.7. The van der Waals surface area contributed by atoms with Crippen LogP contribution < -0.4 is 15.5 Å². The van der Waals surface area contributed by atoms with Gasteiger partial charge in [-0.3, -0.25) is 0 Å². The number of aromatic nitrogens is 2. The highest BCUT2D eigenvalue weighted by Crippen LogP contribution is 2.33. The average molecular weight is 414 g/mol. The molecule has 0 bridgehead atoms. The van der Waals surface area contributed by atoms with E-state index in [1.54, 1.807) is 0 Å². The number of nitrogens with one attached hydrogen (secondary N) is 2. The van der Waals surface area contributed by atoms with Crippen molar-refractivity contribution in [1.82, 2.24) is 15.3 Å². The second-order valence-corrected chi connectivity index (χ2v) is 9.37. The van der Waals surface area contributed by atoms with Gasteiger partial charge in [-0.05, 0) is 30.2 Å². The van der Waals surface area contributed by atoms with Crippen molar-refractivity contribution in [2.45, 2.75) is 45.2 Å². The predicted molar refractivity (Wildman–Crippen MR) is 127 cm³/mol. The van der Waals surface area contributed by atoms with E-state index in [9.17, 15) is 0 Å². The van der Waals surface area contributed by atoms with Crippen molar-refractivity contribution >= 4 is 11.6 Å². The molecule has 2 aromatic carbocycles. The summed E-state index contributed by atoms with van der Waals surface area (Å²) in [5.41, 5.74) is 7.63. The molecule has 0 unspecified atom stereocenters. The van der Waals surface area contributed by atoms with Gasteiger partial charge in [-0.25, -0.2) is 9.97 Å². The van der Waals surface area contributed by atoms with Gasteiger partial charge in [0.2, 0.25) is 5.95 Å². The van der Waals surface area contributed by atoms with Crippen molar-refractivity contribution in [3.05, 3.63) is 82.7 Å². The number of fused-ring (bicyclic) bond motifs is 1. The third-order valence-electron chi connectivity index (χ3n) is 6.78. The summed E-state index contributed by atoms with van der Waals surface area (Å²) in [5, 5.41) is 6.68. The Hall–Kier alpha value is -2.92. The summed E-state index contributed by atoms with van der Waals surface area (Å²) in [5.74, 6) is 0.765. The van der Waals surface area contributed by atoms with Crippen molar-refractivity contribution in [2.75, 3.05) is 29.9 Å². The molecular weight excluding hydrogens is 382 g/mol. The van der Waals surface area contributed by atoms with Gasteiger partial charge in [-0.1, -0.05) is 55.8 Å². The van der Waals surface area contributed by atoms with Crippen LogP contribution in [0.1, 0.15) is 41.8 Å². The highest BCUT2D eigenvalue weighted by Gasteiger charge is 2.24. The van der Waals surface area contributed by atoms with Crippen molar-refractivity contribution in [3.63, 3.8) is 0 Å². The third-order valence-corrected chi connectivity index (χ3v) is 6.78. The smallest absolute Gasteiger partial charge is 0.223 e. The summed E-state index contributed by atoms with van der Waals surface area (Å²) < 4.78 is 0. The van der Waals surface area contributed by atoms with E-state index in [1.807, 2.05) is 6.20 Å². The van der Waals surface area contributed by atoms with Gasteiger partial charge in [0.15, 0.2) is 0 Å². The average Bonchev–Trinajstić information content (AvgIpc) is 2.76. The number of anilines is 2. The molecule has 5 nitrogen and oxygen atoms in total. The minimum atomic E-state index is -0.0199. The van der Waals surface area contributed by atoms with Crippen LogP contribution in [0.5, 0.6) is 0 Å². The van der Waals surface area contributed by atoms with Gasteiger partial charge in [0.05, 0.1) is 11.7 Å². The first-order valence-electron chi connectivity index (χ1n) is 11.2. The largest absolute Gasteiger partial charge is 0.367 e. The molecule has 2 N–H and O–H groups in total. The lowest BCUT2D eigenvalue weighted by Crippen LogP contribution is -2.51. The Morgan fingerprint density at radius 1 is 1.00 bits per heavy atom. The molecule has 0 atom stereocenters. The minimum absolute atomic E-state index is 0.0199. The Kier molecular flexibility index (Phi) is 5.14. The Labute approximate surface area is 184 Å². The second kappa shape index (κ2) is 7.97. The molecule has 2 aliphatic heterocycles.